The van der Waals surface area contributed by atoms with Gasteiger partial charge in [-0.15, -0.1) is 0 Å². The SMILES string of the molecule is O=[N+]([O-])c1ccc(-c2noc(COc3ccc4ccccc4c3)n2)cc1. The van der Waals surface area contributed by atoms with Crippen LogP contribution in [0.1, 0.15) is 5.89 Å². The largest absolute Gasteiger partial charge is 0.484 e. The standard InChI is InChI=1S/C19H13N3O4/c23-22(24)16-8-5-14(6-9-16)19-20-18(26-21-19)12-25-17-10-7-13-3-1-2-4-15(13)11-17/h1-11H,12H2. The van der Waals surface area contributed by atoms with Gasteiger partial charge in [0.1, 0.15) is 5.75 Å². The summed E-state index contributed by atoms with van der Waals surface area (Å²) in [4.78, 5) is 14.5. The lowest BCUT2D eigenvalue weighted by Gasteiger charge is -2.04. The van der Waals surface area contributed by atoms with E-state index in [4.69, 9.17) is 9.26 Å². The summed E-state index contributed by atoms with van der Waals surface area (Å²) in [7, 11) is 0. The molecule has 0 aliphatic rings. The van der Waals surface area contributed by atoms with Crippen molar-refractivity contribution in [1.29, 1.82) is 0 Å². The first kappa shape index (κ1) is 15.8. The Bertz CT molecular complexity index is 1070. The van der Waals surface area contributed by atoms with Gasteiger partial charge >= 0.3 is 0 Å². The second-order valence-electron chi connectivity index (χ2n) is 5.61. The first-order chi connectivity index (χ1) is 12.7. The van der Waals surface area contributed by atoms with E-state index in [0.29, 0.717) is 23.0 Å². The van der Waals surface area contributed by atoms with Crippen molar-refractivity contribution in [1.82, 2.24) is 10.1 Å². The van der Waals surface area contributed by atoms with Crippen molar-refractivity contribution >= 4 is 16.5 Å². The van der Waals surface area contributed by atoms with Crippen LogP contribution in [0.2, 0.25) is 0 Å². The molecule has 0 unspecified atom stereocenters. The van der Waals surface area contributed by atoms with E-state index >= 15 is 0 Å². The number of nitro benzene ring substituents is 1. The molecule has 128 valence electrons. The fourth-order valence-electron chi connectivity index (χ4n) is 2.57. The van der Waals surface area contributed by atoms with Gasteiger partial charge in [0.15, 0.2) is 6.61 Å². The number of rotatable bonds is 5. The molecule has 1 aromatic heterocycles. The molecule has 0 radical (unpaired) electrons. The van der Waals surface area contributed by atoms with Crippen LogP contribution < -0.4 is 4.74 Å². The average Bonchev–Trinajstić information content (AvgIpc) is 3.15. The predicted octanol–water partition coefficient (Wildman–Crippen LogP) is 4.38. The van der Waals surface area contributed by atoms with Gasteiger partial charge in [0.25, 0.3) is 11.6 Å². The van der Waals surface area contributed by atoms with Crippen molar-refractivity contribution in [3.05, 3.63) is 82.7 Å². The molecule has 0 saturated heterocycles. The molecule has 0 bridgehead atoms. The number of hydrogen-bond acceptors (Lipinski definition) is 6. The Morgan fingerprint density at radius 2 is 1.77 bits per heavy atom. The van der Waals surface area contributed by atoms with Crippen LogP contribution in [0.5, 0.6) is 5.75 Å². The molecule has 0 aliphatic carbocycles. The average molecular weight is 347 g/mol. The molecule has 3 aromatic carbocycles. The number of fused-ring (bicyclic) bond motifs is 1. The molecule has 7 nitrogen and oxygen atoms in total. The second-order valence-corrected chi connectivity index (χ2v) is 5.61. The summed E-state index contributed by atoms with van der Waals surface area (Å²) < 4.78 is 10.9. The number of aromatic nitrogens is 2. The molecule has 0 amide bonds. The molecule has 0 aliphatic heterocycles. The smallest absolute Gasteiger partial charge is 0.269 e. The Labute approximate surface area is 148 Å². The maximum absolute atomic E-state index is 10.7. The Morgan fingerprint density at radius 3 is 2.54 bits per heavy atom. The van der Waals surface area contributed by atoms with Gasteiger partial charge < -0.3 is 9.26 Å². The second kappa shape index (κ2) is 6.64. The Morgan fingerprint density at radius 1 is 1.00 bits per heavy atom. The maximum Gasteiger partial charge on any atom is 0.269 e. The number of hydrogen-bond donors (Lipinski definition) is 0. The Hall–Kier alpha value is -3.74. The topological polar surface area (TPSA) is 91.3 Å². The molecule has 0 atom stereocenters. The summed E-state index contributed by atoms with van der Waals surface area (Å²) in [6.07, 6.45) is 0. The molecule has 7 heteroatoms. The molecule has 26 heavy (non-hydrogen) atoms. The summed E-state index contributed by atoms with van der Waals surface area (Å²) in [6.45, 7) is 0.137. The molecule has 1 heterocycles. The quantitative estimate of drug-likeness (QED) is 0.393. The highest BCUT2D eigenvalue weighted by atomic mass is 16.6. The molecule has 4 aromatic rings. The summed E-state index contributed by atoms with van der Waals surface area (Å²) in [5.41, 5.74) is 0.647. The summed E-state index contributed by atoms with van der Waals surface area (Å²) in [6, 6.07) is 19.8. The van der Waals surface area contributed by atoms with Gasteiger partial charge in [-0.2, -0.15) is 4.98 Å². The predicted molar refractivity (Wildman–Crippen MR) is 94.7 cm³/mol. The van der Waals surface area contributed by atoms with Crippen LogP contribution in [0.4, 0.5) is 5.69 Å². The van der Waals surface area contributed by atoms with E-state index in [-0.39, 0.29) is 12.3 Å². The fourth-order valence-corrected chi connectivity index (χ4v) is 2.57. The number of nitrogens with zero attached hydrogens (tertiary/aromatic N) is 3. The van der Waals surface area contributed by atoms with Crippen molar-refractivity contribution in [2.24, 2.45) is 0 Å². The van der Waals surface area contributed by atoms with E-state index in [2.05, 4.69) is 10.1 Å². The maximum atomic E-state index is 10.7. The Balaban J connectivity index is 1.46. The third kappa shape index (κ3) is 3.23. The Kier molecular flexibility index (Phi) is 4.03. The summed E-state index contributed by atoms with van der Waals surface area (Å²) in [5.74, 6) is 1.39. The molecule has 0 saturated carbocycles. The molecule has 0 N–H and O–H groups in total. The molecular formula is C19H13N3O4. The minimum Gasteiger partial charge on any atom is -0.484 e. The van der Waals surface area contributed by atoms with Crippen molar-refractivity contribution in [2.75, 3.05) is 0 Å². The van der Waals surface area contributed by atoms with Gasteiger partial charge in [-0.3, -0.25) is 10.1 Å². The normalized spacial score (nSPS) is 10.8. The van der Waals surface area contributed by atoms with E-state index in [1.807, 2.05) is 42.5 Å². The van der Waals surface area contributed by atoms with E-state index < -0.39 is 4.92 Å². The van der Waals surface area contributed by atoms with E-state index in [1.165, 1.54) is 12.1 Å². The number of non-ortho nitro benzene ring substituents is 1. The van der Waals surface area contributed by atoms with Crippen molar-refractivity contribution in [2.45, 2.75) is 6.61 Å². The third-order valence-corrected chi connectivity index (χ3v) is 3.89. The van der Waals surface area contributed by atoms with Crippen molar-refractivity contribution < 1.29 is 14.2 Å². The fraction of sp³-hybridized carbons (Fsp3) is 0.0526. The lowest BCUT2D eigenvalue weighted by Crippen LogP contribution is -1.95. The van der Waals surface area contributed by atoms with Gasteiger partial charge in [-0.1, -0.05) is 35.5 Å². The van der Waals surface area contributed by atoms with Crippen molar-refractivity contribution in [3.63, 3.8) is 0 Å². The first-order valence-electron chi connectivity index (χ1n) is 7.88. The van der Waals surface area contributed by atoms with Crippen molar-refractivity contribution in [3.8, 4) is 17.1 Å². The van der Waals surface area contributed by atoms with Gasteiger partial charge in [0, 0.05) is 17.7 Å². The highest BCUT2D eigenvalue weighted by Gasteiger charge is 2.11. The van der Waals surface area contributed by atoms with Gasteiger partial charge in [-0.25, -0.2) is 0 Å². The minimum absolute atomic E-state index is 0.0112. The lowest BCUT2D eigenvalue weighted by atomic mass is 10.1. The minimum atomic E-state index is -0.456. The van der Waals surface area contributed by atoms with Gasteiger partial charge in [0.05, 0.1) is 4.92 Å². The summed E-state index contributed by atoms with van der Waals surface area (Å²) >= 11 is 0. The number of benzene rings is 3. The van der Waals surface area contributed by atoms with E-state index in [1.54, 1.807) is 12.1 Å². The van der Waals surface area contributed by atoms with Crippen LogP contribution >= 0.6 is 0 Å². The monoisotopic (exact) mass is 347 g/mol. The van der Waals surface area contributed by atoms with Gasteiger partial charge in [0.2, 0.25) is 5.82 Å². The molecule has 0 spiro atoms. The first-order valence-corrected chi connectivity index (χ1v) is 7.88. The lowest BCUT2D eigenvalue weighted by molar-refractivity contribution is -0.384. The number of nitro groups is 1. The molecule has 0 fully saturated rings. The van der Waals surface area contributed by atoms with Crippen LogP contribution in [-0.4, -0.2) is 15.1 Å². The third-order valence-electron chi connectivity index (χ3n) is 3.89. The highest BCUT2D eigenvalue weighted by molar-refractivity contribution is 5.83. The zero-order valence-electron chi connectivity index (χ0n) is 13.5. The van der Waals surface area contributed by atoms with Crippen LogP contribution in [0.25, 0.3) is 22.2 Å². The van der Waals surface area contributed by atoms with Gasteiger partial charge in [-0.05, 0) is 35.0 Å². The van der Waals surface area contributed by atoms with Crippen LogP contribution in [-0.2, 0) is 6.61 Å². The molecule has 4 rings (SSSR count). The van der Waals surface area contributed by atoms with E-state index in [0.717, 1.165) is 10.8 Å². The molecular weight excluding hydrogens is 334 g/mol. The van der Waals surface area contributed by atoms with Crippen LogP contribution in [0.3, 0.4) is 0 Å². The highest BCUT2D eigenvalue weighted by Crippen LogP contribution is 2.22. The zero-order chi connectivity index (χ0) is 17.9. The number of ether oxygens (including phenoxy) is 1. The van der Waals surface area contributed by atoms with Crippen LogP contribution in [0, 0.1) is 10.1 Å². The van der Waals surface area contributed by atoms with Crippen LogP contribution in [0.15, 0.2) is 71.3 Å². The summed E-state index contributed by atoms with van der Waals surface area (Å²) in [5, 5.41) is 16.8. The van der Waals surface area contributed by atoms with E-state index in [9.17, 15) is 10.1 Å². The zero-order valence-corrected chi connectivity index (χ0v) is 13.5.